The highest BCUT2D eigenvalue weighted by Gasteiger charge is 2.28. The van der Waals surface area contributed by atoms with Crippen molar-refractivity contribution in [1.82, 2.24) is 10.2 Å². The van der Waals surface area contributed by atoms with E-state index in [0.717, 1.165) is 24.9 Å². The van der Waals surface area contributed by atoms with Crippen LogP contribution >= 0.6 is 0 Å². The van der Waals surface area contributed by atoms with Gasteiger partial charge in [-0.05, 0) is 35.9 Å². The first-order valence-electron chi connectivity index (χ1n) is 7.75. The molecule has 0 amide bonds. The highest BCUT2D eigenvalue weighted by atomic mass is 15.2. The first-order valence-corrected chi connectivity index (χ1v) is 7.75. The number of benzene rings is 1. The lowest BCUT2D eigenvalue weighted by molar-refractivity contribution is 0.278. The quantitative estimate of drug-likeness (QED) is 0.897. The van der Waals surface area contributed by atoms with E-state index in [-0.39, 0.29) is 0 Å². The molecular formula is C17H26N2. The molecule has 1 saturated heterocycles. The first kappa shape index (κ1) is 13.1. The maximum Gasteiger partial charge on any atom is 0.0208 e. The van der Waals surface area contributed by atoms with E-state index < -0.39 is 0 Å². The van der Waals surface area contributed by atoms with E-state index in [4.69, 9.17) is 0 Å². The second-order valence-electron chi connectivity index (χ2n) is 6.58. The number of hydrogen-bond acceptors (Lipinski definition) is 2. The van der Waals surface area contributed by atoms with E-state index in [0.29, 0.717) is 5.92 Å². The molecule has 0 aliphatic carbocycles. The van der Waals surface area contributed by atoms with Crippen molar-refractivity contribution < 1.29 is 0 Å². The van der Waals surface area contributed by atoms with E-state index in [1.54, 1.807) is 5.56 Å². The summed E-state index contributed by atoms with van der Waals surface area (Å²) in [5.41, 5.74) is 3.08. The Bertz CT molecular complexity index is 427. The monoisotopic (exact) mass is 258 g/mol. The van der Waals surface area contributed by atoms with Crippen LogP contribution in [0.5, 0.6) is 0 Å². The largest absolute Gasteiger partial charge is 0.312 e. The van der Waals surface area contributed by atoms with Crippen LogP contribution in [0.2, 0.25) is 0 Å². The Labute approximate surface area is 117 Å². The summed E-state index contributed by atoms with van der Waals surface area (Å²) in [6, 6.07) is 8.96. The van der Waals surface area contributed by atoms with E-state index in [9.17, 15) is 0 Å². The van der Waals surface area contributed by atoms with Crippen LogP contribution in [-0.2, 0) is 6.54 Å². The summed E-state index contributed by atoms with van der Waals surface area (Å²) in [5.74, 6) is 2.42. The highest BCUT2D eigenvalue weighted by Crippen LogP contribution is 2.29. The number of rotatable bonds is 3. The lowest BCUT2D eigenvalue weighted by Crippen LogP contribution is -2.36. The Morgan fingerprint density at radius 2 is 2.16 bits per heavy atom. The molecule has 0 saturated carbocycles. The molecule has 2 heteroatoms. The molecule has 0 spiro atoms. The molecular weight excluding hydrogens is 232 g/mol. The predicted molar refractivity (Wildman–Crippen MR) is 80.3 cm³/mol. The summed E-state index contributed by atoms with van der Waals surface area (Å²) < 4.78 is 0. The Balaban J connectivity index is 1.66. The van der Waals surface area contributed by atoms with Crippen LogP contribution < -0.4 is 5.32 Å². The van der Waals surface area contributed by atoms with Gasteiger partial charge in [-0.3, -0.25) is 0 Å². The van der Waals surface area contributed by atoms with Gasteiger partial charge in [0.2, 0.25) is 0 Å². The van der Waals surface area contributed by atoms with Crippen LogP contribution in [0.3, 0.4) is 0 Å². The third-order valence-electron chi connectivity index (χ3n) is 4.93. The van der Waals surface area contributed by atoms with E-state index in [1.165, 1.54) is 31.6 Å². The van der Waals surface area contributed by atoms with E-state index >= 15 is 0 Å². The third kappa shape index (κ3) is 2.85. The lowest BCUT2D eigenvalue weighted by Gasteiger charge is -2.30. The van der Waals surface area contributed by atoms with Gasteiger partial charge in [0.1, 0.15) is 0 Å². The molecule has 2 unspecified atom stereocenters. The smallest absolute Gasteiger partial charge is 0.0208 e. The van der Waals surface area contributed by atoms with Gasteiger partial charge in [-0.25, -0.2) is 0 Å². The van der Waals surface area contributed by atoms with Crippen molar-refractivity contribution in [2.24, 2.45) is 11.8 Å². The molecule has 2 aliphatic heterocycles. The molecule has 0 bridgehead atoms. The topological polar surface area (TPSA) is 15.3 Å². The van der Waals surface area contributed by atoms with Gasteiger partial charge >= 0.3 is 0 Å². The normalized spacial score (nSPS) is 27.7. The summed E-state index contributed by atoms with van der Waals surface area (Å²) in [5, 5.41) is 3.57. The third-order valence-corrected chi connectivity index (χ3v) is 4.93. The number of likely N-dealkylation sites (tertiary alicyclic amines) is 1. The summed E-state index contributed by atoms with van der Waals surface area (Å²) in [6.45, 7) is 10.7. The van der Waals surface area contributed by atoms with Gasteiger partial charge < -0.3 is 10.2 Å². The molecule has 2 nitrogen and oxygen atoms in total. The molecule has 104 valence electrons. The molecule has 0 radical (unpaired) electrons. The molecule has 19 heavy (non-hydrogen) atoms. The van der Waals surface area contributed by atoms with Crippen molar-refractivity contribution in [2.45, 2.75) is 32.7 Å². The molecule has 2 atom stereocenters. The van der Waals surface area contributed by atoms with Gasteiger partial charge in [0, 0.05) is 32.1 Å². The minimum Gasteiger partial charge on any atom is -0.312 e. The van der Waals surface area contributed by atoms with Crippen molar-refractivity contribution in [3.8, 4) is 0 Å². The van der Waals surface area contributed by atoms with Crippen LogP contribution in [0, 0.1) is 11.8 Å². The van der Waals surface area contributed by atoms with Crippen LogP contribution in [0.25, 0.3) is 0 Å². The van der Waals surface area contributed by atoms with E-state index in [2.05, 4.69) is 48.3 Å². The van der Waals surface area contributed by atoms with Gasteiger partial charge in [0.25, 0.3) is 0 Å². The standard InChI is InChI=1S/C17H26N2/c1-13(2)15-7-8-19(11-15)12-16-10-18-9-14-5-3-4-6-17(14)16/h3-6,13,15-16,18H,7-12H2,1-2H3. The van der Waals surface area contributed by atoms with Gasteiger partial charge in [-0.2, -0.15) is 0 Å². The molecule has 2 heterocycles. The fourth-order valence-corrected chi connectivity index (χ4v) is 3.63. The average Bonchev–Trinajstić information content (AvgIpc) is 2.88. The van der Waals surface area contributed by atoms with Gasteiger partial charge in [0.15, 0.2) is 0 Å². The molecule has 0 aromatic heterocycles. The number of fused-ring (bicyclic) bond motifs is 1. The summed E-state index contributed by atoms with van der Waals surface area (Å²) in [6.07, 6.45) is 1.39. The zero-order chi connectivity index (χ0) is 13.2. The minimum absolute atomic E-state index is 0.677. The summed E-state index contributed by atoms with van der Waals surface area (Å²) in [7, 11) is 0. The fraction of sp³-hybridized carbons (Fsp3) is 0.647. The highest BCUT2D eigenvalue weighted by molar-refractivity contribution is 5.32. The van der Waals surface area contributed by atoms with Crippen LogP contribution in [0.4, 0.5) is 0 Å². The van der Waals surface area contributed by atoms with Gasteiger partial charge in [0.05, 0.1) is 0 Å². The second-order valence-corrected chi connectivity index (χ2v) is 6.58. The van der Waals surface area contributed by atoms with Crippen molar-refractivity contribution in [3.05, 3.63) is 35.4 Å². The SMILES string of the molecule is CC(C)C1CCN(CC2CNCc3ccccc32)C1. The summed E-state index contributed by atoms with van der Waals surface area (Å²) in [4.78, 5) is 2.68. The molecule has 1 fully saturated rings. The molecule has 1 aromatic rings. The Morgan fingerprint density at radius 1 is 1.32 bits per heavy atom. The van der Waals surface area contributed by atoms with Gasteiger partial charge in [-0.15, -0.1) is 0 Å². The molecule has 1 aromatic carbocycles. The van der Waals surface area contributed by atoms with Gasteiger partial charge in [-0.1, -0.05) is 38.1 Å². The second kappa shape index (κ2) is 5.64. The fourth-order valence-electron chi connectivity index (χ4n) is 3.63. The predicted octanol–water partition coefficient (Wildman–Crippen LogP) is 2.85. The van der Waals surface area contributed by atoms with Crippen molar-refractivity contribution >= 4 is 0 Å². The number of hydrogen-bond donors (Lipinski definition) is 1. The summed E-state index contributed by atoms with van der Waals surface area (Å²) >= 11 is 0. The van der Waals surface area contributed by atoms with Crippen molar-refractivity contribution in [1.29, 1.82) is 0 Å². The molecule has 1 N–H and O–H groups in total. The minimum atomic E-state index is 0.677. The Hall–Kier alpha value is -0.860. The van der Waals surface area contributed by atoms with Crippen LogP contribution in [0.15, 0.2) is 24.3 Å². The maximum atomic E-state index is 3.57. The Morgan fingerprint density at radius 3 is 2.95 bits per heavy atom. The van der Waals surface area contributed by atoms with Crippen LogP contribution in [0.1, 0.15) is 37.3 Å². The number of nitrogens with one attached hydrogen (secondary N) is 1. The van der Waals surface area contributed by atoms with Crippen molar-refractivity contribution in [2.75, 3.05) is 26.2 Å². The lowest BCUT2D eigenvalue weighted by atomic mass is 9.90. The van der Waals surface area contributed by atoms with Crippen molar-refractivity contribution in [3.63, 3.8) is 0 Å². The molecule has 2 aliphatic rings. The number of nitrogens with zero attached hydrogens (tertiary/aromatic N) is 1. The van der Waals surface area contributed by atoms with E-state index in [1.807, 2.05) is 0 Å². The zero-order valence-electron chi connectivity index (χ0n) is 12.2. The Kier molecular flexibility index (Phi) is 3.90. The molecule has 3 rings (SSSR count). The zero-order valence-corrected chi connectivity index (χ0v) is 12.2. The average molecular weight is 258 g/mol. The van der Waals surface area contributed by atoms with Crippen LogP contribution in [-0.4, -0.2) is 31.1 Å². The first-order chi connectivity index (χ1) is 9.24. The maximum absolute atomic E-state index is 3.57.